The van der Waals surface area contributed by atoms with Gasteiger partial charge in [-0.1, -0.05) is 18.5 Å². The molecule has 19 heteroatoms. The lowest BCUT2D eigenvalue weighted by atomic mass is 9.87. The minimum Gasteiger partial charge on any atom is -0.478 e. The maximum absolute atomic E-state index is 13.7. The number of nitrogens with zero attached hydrogens (tertiary/aromatic N) is 7. The zero-order valence-corrected chi connectivity index (χ0v) is 37.4. The first-order valence-electron chi connectivity index (χ1n) is 22.4. The molecule has 1 unspecified atom stereocenters. The van der Waals surface area contributed by atoms with Gasteiger partial charge in [0.2, 0.25) is 17.8 Å². The van der Waals surface area contributed by atoms with Gasteiger partial charge in [-0.15, -0.1) is 0 Å². The van der Waals surface area contributed by atoms with Gasteiger partial charge in [0.25, 0.3) is 23.3 Å². The molecule has 3 saturated heterocycles. The Morgan fingerprint density at radius 1 is 0.938 bits per heavy atom. The number of hydrogen-bond donors (Lipinski definition) is 3. The molecule has 5 amide bonds. The third-order valence-corrected chi connectivity index (χ3v) is 13.6. The molecule has 0 bridgehead atoms. The summed E-state index contributed by atoms with van der Waals surface area (Å²) in [6.45, 7) is 10.2. The number of rotatable bonds is 13. The lowest BCUT2D eigenvalue weighted by Gasteiger charge is -2.48. The Morgan fingerprint density at radius 3 is 2.38 bits per heavy atom. The molecule has 9 rings (SSSR count). The number of halogens is 1. The lowest BCUT2D eigenvalue weighted by Crippen LogP contribution is -2.56. The van der Waals surface area contributed by atoms with E-state index >= 15 is 0 Å². The summed E-state index contributed by atoms with van der Waals surface area (Å²) in [5.74, 6) is -1.58. The zero-order chi connectivity index (χ0) is 45.7. The number of hydrogen-bond acceptors (Lipinski definition) is 14. The molecule has 6 heterocycles. The number of fused-ring (bicyclic) bond motifs is 2. The van der Waals surface area contributed by atoms with Gasteiger partial charge < -0.3 is 34.9 Å². The predicted octanol–water partition coefficient (Wildman–Crippen LogP) is 3.94. The Morgan fingerprint density at radius 2 is 1.69 bits per heavy atom. The number of piperazine rings is 1. The third kappa shape index (κ3) is 8.61. The number of imide groups is 2. The number of piperidine rings is 2. The molecule has 18 nitrogen and oxygen atoms in total. The van der Waals surface area contributed by atoms with Crippen molar-refractivity contribution >= 4 is 75.2 Å². The maximum Gasteiger partial charge on any atom is 0.293 e. The Kier molecular flexibility index (Phi) is 12.2. The number of carbonyl (C=O) groups is 5. The van der Waals surface area contributed by atoms with Gasteiger partial charge in [-0.3, -0.25) is 43.9 Å². The van der Waals surface area contributed by atoms with Crippen LogP contribution in [0.5, 0.6) is 5.75 Å². The molecule has 4 aromatic rings. The smallest absolute Gasteiger partial charge is 0.293 e. The van der Waals surface area contributed by atoms with E-state index in [1.807, 2.05) is 45.0 Å². The van der Waals surface area contributed by atoms with Crippen LogP contribution in [0.25, 0.3) is 10.9 Å². The van der Waals surface area contributed by atoms with Gasteiger partial charge in [0.15, 0.2) is 18.2 Å². The number of amides is 5. The second-order valence-corrected chi connectivity index (χ2v) is 18.1. The number of pyridine rings is 1. The standard InChI is InChI=1S/C46H53ClN10O8/c1-4-31-35(8-6-32-40(31)45(63)57(43(32)61)36-9-10-39(59)51-42(36)60)54-17-15-53(16-18-54)28-21-30(22-28)65-29-11-13-55(14-12-29)46-49-23-33(47)41(52-46)50-27-5-7-34-26(19-27)20-37(64-24-38(48)58)44(62)56(34)25(2)3/h5-8,19-20,23,25,28-30,36H,4,9-18,21-22,24H2,1-3H3,(H2,48,58)(H,49,50,52)(H,51,59,60). The molecule has 4 aliphatic heterocycles. The summed E-state index contributed by atoms with van der Waals surface area (Å²) in [5.41, 5.74) is 8.78. The van der Waals surface area contributed by atoms with Gasteiger partial charge in [0, 0.05) is 74.5 Å². The average molecular weight is 909 g/mol. The topological polar surface area (TPSA) is 215 Å². The number of aromatic nitrogens is 3. The molecule has 5 aliphatic rings. The lowest BCUT2D eigenvalue weighted by molar-refractivity contribution is -0.136. The highest BCUT2D eigenvalue weighted by atomic mass is 35.5. The highest BCUT2D eigenvalue weighted by molar-refractivity contribution is 6.33. The summed E-state index contributed by atoms with van der Waals surface area (Å²) in [4.78, 5) is 93.4. The van der Waals surface area contributed by atoms with Crippen molar-refractivity contribution in [3.05, 3.63) is 74.7 Å². The number of primary amides is 1. The largest absolute Gasteiger partial charge is 0.478 e. The van der Waals surface area contributed by atoms with Crippen molar-refractivity contribution in [1.82, 2.24) is 29.7 Å². The van der Waals surface area contributed by atoms with Gasteiger partial charge in [-0.05, 0) is 94.3 Å². The molecular formula is C46H53ClN10O8. The van der Waals surface area contributed by atoms with Crippen molar-refractivity contribution in [2.24, 2.45) is 5.73 Å². The molecule has 0 spiro atoms. The molecule has 65 heavy (non-hydrogen) atoms. The third-order valence-electron chi connectivity index (χ3n) is 13.3. The van der Waals surface area contributed by atoms with E-state index < -0.39 is 42.2 Å². The number of nitrogens with one attached hydrogen (secondary N) is 2. The highest BCUT2D eigenvalue weighted by Gasteiger charge is 2.46. The molecule has 4 N–H and O–H groups in total. The molecule has 1 saturated carbocycles. The summed E-state index contributed by atoms with van der Waals surface area (Å²) >= 11 is 6.58. The molecule has 2 aromatic heterocycles. The number of anilines is 4. The zero-order valence-electron chi connectivity index (χ0n) is 36.7. The van der Waals surface area contributed by atoms with E-state index in [0.29, 0.717) is 51.6 Å². The second kappa shape index (κ2) is 18.0. The summed E-state index contributed by atoms with van der Waals surface area (Å²) in [5, 5.41) is 6.65. The first-order valence-corrected chi connectivity index (χ1v) is 22.8. The van der Waals surface area contributed by atoms with Crippen molar-refractivity contribution in [1.29, 1.82) is 0 Å². The summed E-state index contributed by atoms with van der Waals surface area (Å²) in [7, 11) is 0. The van der Waals surface area contributed by atoms with E-state index in [-0.39, 0.29) is 42.4 Å². The van der Waals surface area contributed by atoms with E-state index in [1.54, 1.807) is 22.9 Å². The van der Waals surface area contributed by atoms with Crippen LogP contribution in [0.2, 0.25) is 5.02 Å². The molecule has 1 aliphatic carbocycles. The second-order valence-electron chi connectivity index (χ2n) is 17.7. The number of benzene rings is 2. The predicted molar refractivity (Wildman–Crippen MR) is 243 cm³/mol. The van der Waals surface area contributed by atoms with E-state index in [1.165, 1.54) is 0 Å². The van der Waals surface area contributed by atoms with E-state index in [4.69, 9.17) is 31.8 Å². The van der Waals surface area contributed by atoms with Crippen LogP contribution >= 0.6 is 11.6 Å². The van der Waals surface area contributed by atoms with Crippen molar-refractivity contribution in [2.75, 3.05) is 61.0 Å². The van der Waals surface area contributed by atoms with Crippen LogP contribution in [-0.4, -0.2) is 124 Å². The minimum absolute atomic E-state index is 0.0355. The molecule has 2 aromatic carbocycles. The average Bonchev–Trinajstić information content (AvgIpc) is 3.52. The molecule has 1 atom stereocenters. The minimum atomic E-state index is -0.989. The van der Waals surface area contributed by atoms with Gasteiger partial charge in [0.1, 0.15) is 11.1 Å². The number of ether oxygens (including phenoxy) is 2. The van der Waals surface area contributed by atoms with Crippen LogP contribution in [0.1, 0.15) is 91.6 Å². The van der Waals surface area contributed by atoms with Crippen molar-refractivity contribution in [3.8, 4) is 5.75 Å². The Hall–Kier alpha value is -6.11. The molecule has 4 fully saturated rings. The maximum atomic E-state index is 13.7. The number of nitrogens with two attached hydrogens (primary N) is 1. The van der Waals surface area contributed by atoms with Gasteiger partial charge in [0.05, 0.1) is 35.0 Å². The fourth-order valence-electron chi connectivity index (χ4n) is 9.90. The Labute approximate surface area is 380 Å². The quantitative estimate of drug-likeness (QED) is 0.162. The first kappa shape index (κ1) is 44.1. The van der Waals surface area contributed by atoms with Gasteiger partial charge in [-0.2, -0.15) is 4.98 Å². The van der Waals surface area contributed by atoms with Crippen molar-refractivity contribution < 1.29 is 33.4 Å². The Balaban J connectivity index is 0.758. The Bertz CT molecular complexity index is 2630. The SMILES string of the molecule is CCc1c(N2CCN(C3CC(OC4CCN(c5ncc(Cl)c(Nc6ccc7c(c6)cc(OCC(N)=O)c(=O)n7C(C)C)n5)CC4)C3)CC2)ccc2c1C(=O)N(C1CCC(=O)NC1=O)C2=O. The summed E-state index contributed by atoms with van der Waals surface area (Å²) in [6, 6.07) is 10.1. The van der Waals surface area contributed by atoms with E-state index in [9.17, 15) is 28.8 Å². The van der Waals surface area contributed by atoms with Crippen LogP contribution in [0.15, 0.2) is 47.4 Å². The van der Waals surface area contributed by atoms with Gasteiger partial charge >= 0.3 is 0 Å². The van der Waals surface area contributed by atoms with Crippen molar-refractivity contribution in [2.45, 2.75) is 96.1 Å². The van der Waals surface area contributed by atoms with Crippen LogP contribution in [0.4, 0.5) is 23.1 Å². The first-order chi connectivity index (χ1) is 31.3. The highest BCUT2D eigenvalue weighted by Crippen LogP contribution is 2.38. The molecular weight excluding hydrogens is 856 g/mol. The summed E-state index contributed by atoms with van der Waals surface area (Å²) in [6.07, 6.45) is 6.36. The molecule has 0 radical (unpaired) electrons. The fraction of sp³-hybridized carbons (Fsp3) is 0.478. The monoisotopic (exact) mass is 908 g/mol. The summed E-state index contributed by atoms with van der Waals surface area (Å²) < 4.78 is 13.7. The van der Waals surface area contributed by atoms with Crippen LogP contribution < -0.4 is 36.5 Å². The van der Waals surface area contributed by atoms with Crippen LogP contribution in [0, 0.1) is 0 Å². The van der Waals surface area contributed by atoms with Crippen LogP contribution in [-0.2, 0) is 25.5 Å². The van der Waals surface area contributed by atoms with Crippen LogP contribution in [0.3, 0.4) is 0 Å². The molecule has 342 valence electrons. The van der Waals surface area contributed by atoms with Crippen molar-refractivity contribution in [3.63, 3.8) is 0 Å². The number of carbonyl (C=O) groups excluding carboxylic acids is 5. The normalized spacial score (nSPS) is 21.8. The van der Waals surface area contributed by atoms with Gasteiger partial charge in [-0.25, -0.2) is 4.98 Å². The van der Waals surface area contributed by atoms with E-state index in [2.05, 4.69) is 30.3 Å². The fourth-order valence-corrected chi connectivity index (χ4v) is 10.0. The van der Waals surface area contributed by atoms with E-state index in [0.717, 1.165) is 86.5 Å².